The van der Waals surface area contributed by atoms with Crippen molar-refractivity contribution in [2.45, 2.75) is 13.1 Å². The second-order valence-electron chi connectivity index (χ2n) is 6.64. The highest BCUT2D eigenvalue weighted by Crippen LogP contribution is 2.39. The predicted molar refractivity (Wildman–Crippen MR) is 110 cm³/mol. The molecule has 4 nitrogen and oxygen atoms in total. The van der Waals surface area contributed by atoms with Crippen LogP contribution in [0.15, 0.2) is 72.8 Å². The normalized spacial score (nSPS) is 16.3. The van der Waals surface area contributed by atoms with Gasteiger partial charge in [-0.2, -0.15) is 0 Å². The Morgan fingerprint density at radius 3 is 2.52 bits per heavy atom. The molecule has 1 N–H and O–H groups in total. The average molecular weight is 371 g/mol. The first-order chi connectivity index (χ1) is 13.2. The van der Waals surface area contributed by atoms with Crippen molar-refractivity contribution in [3.05, 3.63) is 89.5 Å². The van der Waals surface area contributed by atoms with Crippen LogP contribution in [-0.2, 0) is 0 Å². The molecule has 0 saturated heterocycles. The first-order valence-electron chi connectivity index (χ1n) is 8.82. The lowest BCUT2D eigenvalue weighted by atomic mass is 10.0. The van der Waals surface area contributed by atoms with Crippen LogP contribution in [0.4, 0.5) is 10.8 Å². The summed E-state index contributed by atoms with van der Waals surface area (Å²) in [6.07, 6.45) is -0.298. The molecule has 1 amide bonds. The van der Waals surface area contributed by atoms with Gasteiger partial charge in [-0.1, -0.05) is 65.4 Å². The van der Waals surface area contributed by atoms with Gasteiger partial charge in [0, 0.05) is 5.69 Å². The molecule has 1 unspecified atom stereocenters. The van der Waals surface area contributed by atoms with Crippen LogP contribution in [-0.4, -0.2) is 10.9 Å². The highest BCUT2D eigenvalue weighted by atomic mass is 32.1. The first kappa shape index (κ1) is 16.0. The molecule has 0 aliphatic carbocycles. The zero-order chi connectivity index (χ0) is 18.4. The number of aryl methyl sites for hydroxylation is 1. The fraction of sp³-hybridized carbons (Fsp3) is 0.0909. The molecular weight excluding hydrogens is 354 g/mol. The largest absolute Gasteiger partial charge is 0.360 e. The van der Waals surface area contributed by atoms with E-state index in [1.807, 2.05) is 48.5 Å². The molecule has 132 valence electrons. The molecular formula is C22H17N3OS. The van der Waals surface area contributed by atoms with Gasteiger partial charge in [-0.05, 0) is 36.8 Å². The van der Waals surface area contributed by atoms with Gasteiger partial charge < -0.3 is 5.32 Å². The van der Waals surface area contributed by atoms with Crippen LogP contribution < -0.4 is 10.2 Å². The smallest absolute Gasteiger partial charge is 0.264 e. The molecule has 27 heavy (non-hydrogen) atoms. The number of fused-ring (bicyclic) bond motifs is 2. The van der Waals surface area contributed by atoms with E-state index in [1.165, 1.54) is 16.9 Å². The van der Waals surface area contributed by atoms with Gasteiger partial charge in [0.1, 0.15) is 6.17 Å². The molecule has 5 heteroatoms. The average Bonchev–Trinajstić information content (AvgIpc) is 3.12. The molecule has 0 bridgehead atoms. The van der Waals surface area contributed by atoms with Crippen molar-refractivity contribution in [1.82, 2.24) is 4.98 Å². The van der Waals surface area contributed by atoms with E-state index < -0.39 is 0 Å². The van der Waals surface area contributed by atoms with Gasteiger partial charge in [-0.25, -0.2) is 4.98 Å². The maximum Gasteiger partial charge on any atom is 0.264 e. The minimum absolute atomic E-state index is 0.0334. The third kappa shape index (κ3) is 2.67. The number of aromatic nitrogens is 1. The first-order valence-corrected chi connectivity index (χ1v) is 9.63. The molecule has 0 radical (unpaired) electrons. The number of nitrogens with zero attached hydrogens (tertiary/aromatic N) is 2. The van der Waals surface area contributed by atoms with Gasteiger partial charge in [0.05, 0.1) is 15.8 Å². The fourth-order valence-corrected chi connectivity index (χ4v) is 4.39. The van der Waals surface area contributed by atoms with Crippen molar-refractivity contribution in [2.75, 3.05) is 10.2 Å². The van der Waals surface area contributed by atoms with E-state index in [9.17, 15) is 4.79 Å². The van der Waals surface area contributed by atoms with Gasteiger partial charge in [-0.15, -0.1) is 0 Å². The van der Waals surface area contributed by atoms with Crippen molar-refractivity contribution in [2.24, 2.45) is 0 Å². The number of carbonyl (C=O) groups is 1. The number of amides is 1. The lowest BCUT2D eigenvalue weighted by molar-refractivity contribution is 0.0975. The molecule has 1 aliphatic rings. The Labute approximate surface area is 161 Å². The van der Waals surface area contributed by atoms with Gasteiger partial charge in [0.15, 0.2) is 5.13 Å². The summed E-state index contributed by atoms with van der Waals surface area (Å²) in [5.74, 6) is -0.0334. The Bertz CT molecular complexity index is 1120. The van der Waals surface area contributed by atoms with E-state index in [0.717, 1.165) is 21.5 Å². The van der Waals surface area contributed by atoms with Crippen molar-refractivity contribution in [3.63, 3.8) is 0 Å². The summed E-state index contributed by atoms with van der Waals surface area (Å²) < 4.78 is 1.07. The van der Waals surface area contributed by atoms with Crippen LogP contribution in [0.5, 0.6) is 0 Å². The highest BCUT2D eigenvalue weighted by Gasteiger charge is 2.35. The minimum atomic E-state index is -0.298. The van der Waals surface area contributed by atoms with Crippen molar-refractivity contribution < 1.29 is 4.79 Å². The molecule has 0 fully saturated rings. The van der Waals surface area contributed by atoms with Crippen LogP contribution in [0.25, 0.3) is 10.2 Å². The molecule has 2 heterocycles. The zero-order valence-corrected chi connectivity index (χ0v) is 15.5. The lowest BCUT2D eigenvalue weighted by Gasteiger charge is -2.36. The van der Waals surface area contributed by atoms with E-state index in [4.69, 9.17) is 4.98 Å². The number of anilines is 2. The number of hydrogen-bond acceptors (Lipinski definition) is 4. The third-order valence-corrected chi connectivity index (χ3v) is 5.84. The van der Waals surface area contributed by atoms with Crippen molar-refractivity contribution in [1.29, 1.82) is 0 Å². The maximum absolute atomic E-state index is 13.4. The summed E-state index contributed by atoms with van der Waals surface area (Å²) in [6, 6.07) is 23.9. The number of benzene rings is 3. The van der Waals surface area contributed by atoms with Crippen molar-refractivity contribution in [3.8, 4) is 0 Å². The molecule has 0 spiro atoms. The quantitative estimate of drug-likeness (QED) is 0.515. The van der Waals surface area contributed by atoms with Crippen LogP contribution in [0.1, 0.15) is 27.7 Å². The monoisotopic (exact) mass is 371 g/mol. The van der Waals surface area contributed by atoms with Gasteiger partial charge in [0.2, 0.25) is 0 Å². The SMILES string of the molecule is Cc1ccc(C2Nc3ccccc3C(=O)N2c2nc3ccccc3s2)cc1. The Kier molecular flexibility index (Phi) is 3.69. The van der Waals surface area contributed by atoms with Gasteiger partial charge in [-0.3, -0.25) is 9.69 Å². The highest BCUT2D eigenvalue weighted by molar-refractivity contribution is 7.22. The molecule has 5 rings (SSSR count). The van der Waals surface area contributed by atoms with E-state index >= 15 is 0 Å². The standard InChI is InChI=1S/C22H17N3OS/c1-14-10-12-15(13-11-14)20-23-17-7-3-2-6-16(17)21(26)25(20)22-24-18-8-4-5-9-19(18)27-22/h2-13,20,23H,1H3. The molecule has 1 aromatic heterocycles. The summed E-state index contributed by atoms with van der Waals surface area (Å²) in [7, 11) is 0. The maximum atomic E-state index is 13.4. The second kappa shape index (κ2) is 6.21. The molecule has 0 saturated carbocycles. The third-order valence-electron chi connectivity index (χ3n) is 4.81. The fourth-order valence-electron chi connectivity index (χ4n) is 3.40. The topological polar surface area (TPSA) is 45.2 Å². The van der Waals surface area contributed by atoms with E-state index in [-0.39, 0.29) is 12.1 Å². The van der Waals surface area contributed by atoms with E-state index in [0.29, 0.717) is 10.7 Å². The number of carbonyl (C=O) groups excluding carboxylic acids is 1. The van der Waals surface area contributed by atoms with E-state index in [2.05, 4.69) is 36.5 Å². The molecule has 1 aliphatic heterocycles. The minimum Gasteiger partial charge on any atom is -0.360 e. The predicted octanol–water partition coefficient (Wildman–Crippen LogP) is 5.38. The summed E-state index contributed by atoms with van der Waals surface area (Å²) in [5.41, 5.74) is 4.65. The number of rotatable bonds is 2. The van der Waals surface area contributed by atoms with E-state index in [1.54, 1.807) is 4.90 Å². The second-order valence-corrected chi connectivity index (χ2v) is 7.65. The Morgan fingerprint density at radius 1 is 0.963 bits per heavy atom. The Hall–Kier alpha value is -3.18. The Morgan fingerprint density at radius 2 is 1.70 bits per heavy atom. The van der Waals surface area contributed by atoms with Gasteiger partial charge in [0.25, 0.3) is 5.91 Å². The zero-order valence-electron chi connectivity index (χ0n) is 14.7. The summed E-state index contributed by atoms with van der Waals surface area (Å²) in [5, 5.41) is 4.23. The van der Waals surface area contributed by atoms with Crippen molar-refractivity contribution >= 4 is 38.3 Å². The van der Waals surface area contributed by atoms with Crippen LogP contribution in [0.3, 0.4) is 0 Å². The summed E-state index contributed by atoms with van der Waals surface area (Å²) >= 11 is 1.54. The van der Waals surface area contributed by atoms with Crippen LogP contribution in [0, 0.1) is 6.92 Å². The molecule has 3 aromatic carbocycles. The summed E-state index contributed by atoms with van der Waals surface area (Å²) in [6.45, 7) is 2.06. The lowest BCUT2D eigenvalue weighted by Crippen LogP contribution is -2.43. The molecule has 4 aromatic rings. The van der Waals surface area contributed by atoms with Gasteiger partial charge >= 0.3 is 0 Å². The van der Waals surface area contributed by atoms with Crippen LogP contribution in [0.2, 0.25) is 0 Å². The van der Waals surface area contributed by atoms with Crippen LogP contribution >= 0.6 is 11.3 Å². The number of thiazole rings is 1. The number of para-hydroxylation sites is 2. The number of hydrogen-bond donors (Lipinski definition) is 1. The molecule has 1 atom stereocenters. The number of nitrogens with one attached hydrogen (secondary N) is 1. The summed E-state index contributed by atoms with van der Waals surface area (Å²) in [4.78, 5) is 19.9. The Balaban J connectivity index is 1.68.